The summed E-state index contributed by atoms with van der Waals surface area (Å²) in [5.41, 5.74) is 0. The van der Waals surface area contributed by atoms with Crippen LogP contribution in [0.15, 0.2) is 12.4 Å². The lowest BCUT2D eigenvalue weighted by atomic mass is 10.3. The molecule has 1 fully saturated rings. The van der Waals surface area contributed by atoms with Gasteiger partial charge < -0.3 is 14.8 Å². The third-order valence-corrected chi connectivity index (χ3v) is 3.10. The fourth-order valence-corrected chi connectivity index (χ4v) is 2.05. The van der Waals surface area contributed by atoms with Crippen molar-refractivity contribution in [2.24, 2.45) is 7.05 Å². The van der Waals surface area contributed by atoms with Gasteiger partial charge in [0.2, 0.25) is 11.9 Å². The molecule has 0 unspecified atom stereocenters. The van der Waals surface area contributed by atoms with E-state index in [2.05, 4.69) is 20.1 Å². The molecule has 1 aliphatic rings. The summed E-state index contributed by atoms with van der Waals surface area (Å²) in [5.74, 6) is 1.08. The topological polar surface area (TPSA) is 53.4 Å². The number of hydrogen-bond acceptors (Lipinski definition) is 4. The maximum atomic E-state index is 11.3. The molecule has 110 valence electrons. The first-order valence-corrected chi connectivity index (χ1v) is 5.86. The lowest BCUT2D eigenvalue weighted by Crippen LogP contribution is -2.49. The number of aromatic nitrogens is 2. The molecule has 19 heavy (non-hydrogen) atoms. The van der Waals surface area contributed by atoms with Gasteiger partial charge in [-0.2, -0.15) is 0 Å². The number of imidazole rings is 1. The third kappa shape index (κ3) is 4.56. The quantitative estimate of drug-likeness (QED) is 0.862. The fraction of sp³-hybridized carbons (Fsp3) is 0.636. The van der Waals surface area contributed by atoms with Crippen LogP contribution < -0.4 is 10.2 Å². The number of amides is 1. The van der Waals surface area contributed by atoms with Crippen molar-refractivity contribution in [3.8, 4) is 0 Å². The molecule has 1 N–H and O–H groups in total. The minimum atomic E-state index is 0. The number of halogens is 2. The summed E-state index contributed by atoms with van der Waals surface area (Å²) >= 11 is 0. The number of carbonyl (C=O) groups is 1. The highest BCUT2D eigenvalue weighted by Gasteiger charge is 2.20. The van der Waals surface area contributed by atoms with Crippen LogP contribution >= 0.6 is 24.8 Å². The second kappa shape index (κ2) is 8.24. The number of aryl methyl sites for hydroxylation is 1. The first-order chi connectivity index (χ1) is 8.20. The van der Waals surface area contributed by atoms with Gasteiger partial charge in [0.05, 0.1) is 6.54 Å². The number of anilines is 1. The zero-order valence-corrected chi connectivity index (χ0v) is 12.8. The maximum absolute atomic E-state index is 11.3. The molecule has 1 amide bonds. The molecule has 0 aromatic carbocycles. The Morgan fingerprint density at radius 3 is 2.42 bits per heavy atom. The van der Waals surface area contributed by atoms with Crippen LogP contribution in [0.2, 0.25) is 0 Å². The van der Waals surface area contributed by atoms with E-state index >= 15 is 0 Å². The van der Waals surface area contributed by atoms with E-state index in [1.54, 1.807) is 7.05 Å². The van der Waals surface area contributed by atoms with Gasteiger partial charge in [0.15, 0.2) is 0 Å². The number of rotatable bonds is 3. The standard InChI is InChI=1S/C11H19N5O.2ClH/c1-12-10(17)9-15-5-7-16(8-6-15)11-13-3-4-14(11)2;;/h3-4H,5-9H2,1-2H3,(H,12,17);2*1H. The van der Waals surface area contributed by atoms with Crippen molar-refractivity contribution in [1.29, 1.82) is 0 Å². The van der Waals surface area contributed by atoms with E-state index in [0.717, 1.165) is 32.1 Å². The summed E-state index contributed by atoms with van der Waals surface area (Å²) in [6.45, 7) is 4.13. The molecule has 0 saturated carbocycles. The van der Waals surface area contributed by atoms with E-state index in [1.165, 1.54) is 0 Å². The van der Waals surface area contributed by atoms with Crippen LogP contribution in [0.25, 0.3) is 0 Å². The van der Waals surface area contributed by atoms with Crippen LogP contribution in [0, 0.1) is 0 Å². The van der Waals surface area contributed by atoms with Gasteiger partial charge in [0.1, 0.15) is 0 Å². The van der Waals surface area contributed by atoms with Crippen molar-refractivity contribution in [3.63, 3.8) is 0 Å². The van der Waals surface area contributed by atoms with Crippen molar-refractivity contribution in [2.45, 2.75) is 0 Å². The van der Waals surface area contributed by atoms with Gasteiger partial charge in [-0.3, -0.25) is 9.69 Å². The van der Waals surface area contributed by atoms with Gasteiger partial charge in [-0.05, 0) is 0 Å². The predicted octanol–water partition coefficient (Wildman–Crippen LogP) is 0.132. The number of nitrogens with zero attached hydrogens (tertiary/aromatic N) is 4. The minimum absolute atomic E-state index is 0. The first-order valence-electron chi connectivity index (χ1n) is 5.86. The van der Waals surface area contributed by atoms with Gasteiger partial charge in [-0.15, -0.1) is 24.8 Å². The van der Waals surface area contributed by atoms with E-state index < -0.39 is 0 Å². The van der Waals surface area contributed by atoms with Gasteiger partial charge in [0.25, 0.3) is 0 Å². The number of nitrogens with one attached hydrogen (secondary N) is 1. The number of carbonyl (C=O) groups excluding carboxylic acids is 1. The number of likely N-dealkylation sites (N-methyl/N-ethyl adjacent to an activating group) is 1. The maximum Gasteiger partial charge on any atom is 0.233 e. The molecule has 2 heterocycles. The Morgan fingerprint density at radius 2 is 1.95 bits per heavy atom. The second-order valence-corrected chi connectivity index (χ2v) is 4.27. The van der Waals surface area contributed by atoms with Crippen molar-refractivity contribution < 1.29 is 4.79 Å². The summed E-state index contributed by atoms with van der Waals surface area (Å²) < 4.78 is 2.02. The molecule has 1 aliphatic heterocycles. The molecule has 0 radical (unpaired) electrons. The molecular formula is C11H21Cl2N5O. The average molecular weight is 310 g/mol. The Bertz CT molecular complexity index is 390. The summed E-state index contributed by atoms with van der Waals surface area (Å²) in [7, 11) is 3.67. The predicted molar refractivity (Wildman–Crippen MR) is 80.4 cm³/mol. The minimum Gasteiger partial charge on any atom is -0.358 e. The molecule has 0 spiro atoms. The lowest BCUT2D eigenvalue weighted by molar-refractivity contribution is -0.121. The molecule has 2 rings (SSSR count). The first kappa shape index (κ1) is 18.0. The van der Waals surface area contributed by atoms with Gasteiger partial charge >= 0.3 is 0 Å². The van der Waals surface area contributed by atoms with Crippen LogP contribution in [-0.2, 0) is 11.8 Å². The van der Waals surface area contributed by atoms with Gasteiger partial charge in [0, 0.05) is 52.7 Å². The zero-order chi connectivity index (χ0) is 12.3. The van der Waals surface area contributed by atoms with Crippen molar-refractivity contribution in [3.05, 3.63) is 12.4 Å². The highest BCUT2D eigenvalue weighted by Crippen LogP contribution is 2.12. The smallest absolute Gasteiger partial charge is 0.233 e. The molecule has 1 aromatic heterocycles. The fourth-order valence-electron chi connectivity index (χ4n) is 2.05. The van der Waals surface area contributed by atoms with E-state index in [0.29, 0.717) is 6.54 Å². The molecule has 6 nitrogen and oxygen atoms in total. The molecule has 1 aromatic rings. The lowest BCUT2D eigenvalue weighted by Gasteiger charge is -2.34. The zero-order valence-electron chi connectivity index (χ0n) is 11.2. The molecule has 0 aliphatic carbocycles. The summed E-state index contributed by atoms with van der Waals surface area (Å²) in [4.78, 5) is 20.0. The Balaban J connectivity index is 0.00000162. The van der Waals surface area contributed by atoms with Gasteiger partial charge in [-0.25, -0.2) is 4.98 Å². The van der Waals surface area contributed by atoms with E-state index in [9.17, 15) is 4.79 Å². The normalized spacial score (nSPS) is 15.4. The summed E-state index contributed by atoms with van der Waals surface area (Å²) in [6, 6.07) is 0. The monoisotopic (exact) mass is 309 g/mol. The second-order valence-electron chi connectivity index (χ2n) is 4.27. The van der Waals surface area contributed by atoms with Crippen molar-refractivity contribution in [2.75, 3.05) is 44.7 Å². The van der Waals surface area contributed by atoms with Crippen molar-refractivity contribution >= 4 is 36.7 Å². The molecule has 0 bridgehead atoms. The van der Waals surface area contributed by atoms with Crippen LogP contribution in [-0.4, -0.2) is 60.1 Å². The average Bonchev–Trinajstić information content (AvgIpc) is 2.76. The highest BCUT2D eigenvalue weighted by atomic mass is 35.5. The number of hydrogen-bond donors (Lipinski definition) is 1. The van der Waals surface area contributed by atoms with Crippen LogP contribution in [0.4, 0.5) is 5.95 Å². The third-order valence-electron chi connectivity index (χ3n) is 3.10. The van der Waals surface area contributed by atoms with Crippen LogP contribution in [0.3, 0.4) is 0 Å². The summed E-state index contributed by atoms with van der Waals surface area (Å²) in [5, 5.41) is 2.65. The Kier molecular flexibility index (Phi) is 7.82. The molecule has 1 saturated heterocycles. The van der Waals surface area contributed by atoms with Gasteiger partial charge in [-0.1, -0.05) is 0 Å². The van der Waals surface area contributed by atoms with E-state index in [-0.39, 0.29) is 30.7 Å². The Morgan fingerprint density at radius 1 is 1.32 bits per heavy atom. The SMILES string of the molecule is CNC(=O)CN1CCN(c2nccn2C)CC1.Cl.Cl. The molecule has 0 atom stereocenters. The largest absolute Gasteiger partial charge is 0.358 e. The van der Waals surface area contributed by atoms with E-state index in [1.807, 2.05) is 24.0 Å². The molecule has 8 heteroatoms. The van der Waals surface area contributed by atoms with Crippen molar-refractivity contribution in [1.82, 2.24) is 19.8 Å². The highest BCUT2D eigenvalue weighted by molar-refractivity contribution is 5.85. The molecular weight excluding hydrogens is 289 g/mol. The summed E-state index contributed by atoms with van der Waals surface area (Å²) in [6.07, 6.45) is 3.76. The Labute approximate surface area is 126 Å². The van der Waals surface area contributed by atoms with E-state index in [4.69, 9.17) is 0 Å². The van der Waals surface area contributed by atoms with Crippen LogP contribution in [0.5, 0.6) is 0 Å². The number of piperazine rings is 1. The Hall–Kier alpha value is -0.980. The van der Waals surface area contributed by atoms with Crippen LogP contribution in [0.1, 0.15) is 0 Å².